The van der Waals surface area contributed by atoms with Gasteiger partial charge in [0.05, 0.1) is 57.6 Å². The number of nitrogens with zero attached hydrogens (tertiary/aromatic N) is 2. The van der Waals surface area contributed by atoms with Crippen LogP contribution in [0.4, 0.5) is 17.1 Å². The fourth-order valence-corrected chi connectivity index (χ4v) is 7.56. The van der Waals surface area contributed by atoms with E-state index in [-0.39, 0.29) is 40.1 Å². The minimum absolute atomic E-state index is 0.0217. The first-order valence-electron chi connectivity index (χ1n) is 14.2. The number of hydrogen-bond acceptors (Lipinski definition) is 6. The highest BCUT2D eigenvalue weighted by Crippen LogP contribution is 2.60. The van der Waals surface area contributed by atoms with Gasteiger partial charge in [0.2, 0.25) is 5.91 Å². The summed E-state index contributed by atoms with van der Waals surface area (Å²) >= 11 is 19.7. The van der Waals surface area contributed by atoms with Gasteiger partial charge in [0.25, 0.3) is 5.91 Å². The number of halogens is 3. The van der Waals surface area contributed by atoms with Gasteiger partial charge in [0.15, 0.2) is 0 Å². The maximum atomic E-state index is 13.5. The van der Waals surface area contributed by atoms with Gasteiger partial charge in [0, 0.05) is 24.3 Å². The maximum Gasteiger partial charge on any atom is 0.328 e. The van der Waals surface area contributed by atoms with Crippen LogP contribution in [-0.2, 0) is 30.9 Å². The summed E-state index contributed by atoms with van der Waals surface area (Å²) in [6, 6.07) is 15.6. The van der Waals surface area contributed by atoms with E-state index in [1.807, 2.05) is 36.4 Å². The molecule has 4 aliphatic rings. The van der Waals surface area contributed by atoms with Gasteiger partial charge in [-0.3, -0.25) is 14.5 Å². The van der Waals surface area contributed by atoms with Crippen LogP contribution in [-0.4, -0.2) is 56.2 Å². The molecular formula is C32H28Cl3N3O5. The lowest BCUT2D eigenvalue weighted by atomic mass is 9.98. The first-order chi connectivity index (χ1) is 20.7. The maximum absolute atomic E-state index is 13.5. The van der Waals surface area contributed by atoms with Crippen molar-refractivity contribution < 1.29 is 23.9 Å². The lowest BCUT2D eigenvalue weighted by Crippen LogP contribution is -2.43. The summed E-state index contributed by atoms with van der Waals surface area (Å²) < 4.78 is 10.7. The molecule has 1 aliphatic carbocycles. The Morgan fingerprint density at radius 2 is 1.77 bits per heavy atom. The van der Waals surface area contributed by atoms with Crippen molar-refractivity contribution >= 4 is 69.6 Å². The van der Waals surface area contributed by atoms with E-state index < -0.39 is 23.3 Å². The molecule has 8 nitrogen and oxygen atoms in total. The van der Waals surface area contributed by atoms with E-state index in [1.54, 1.807) is 23.1 Å². The Morgan fingerprint density at radius 1 is 1.05 bits per heavy atom. The monoisotopic (exact) mass is 639 g/mol. The number of para-hydroxylation sites is 1. The first-order valence-corrected chi connectivity index (χ1v) is 15.3. The molecule has 2 saturated heterocycles. The number of hydrogen-bond donors (Lipinski definition) is 1. The number of nitrogens with one attached hydrogen (secondary N) is 1. The van der Waals surface area contributed by atoms with Crippen LogP contribution in [0.3, 0.4) is 0 Å². The van der Waals surface area contributed by atoms with Crippen LogP contribution in [0.2, 0.25) is 15.1 Å². The molecule has 3 fully saturated rings. The van der Waals surface area contributed by atoms with E-state index in [4.69, 9.17) is 44.3 Å². The van der Waals surface area contributed by atoms with E-state index in [9.17, 15) is 14.4 Å². The molecule has 1 spiro atoms. The molecule has 7 rings (SSSR count). The Bertz CT molecular complexity index is 1640. The van der Waals surface area contributed by atoms with Crippen molar-refractivity contribution in [3.05, 3.63) is 86.4 Å². The lowest BCUT2D eigenvalue weighted by Gasteiger charge is -2.29. The number of rotatable bonds is 7. The Labute approximate surface area is 263 Å². The summed E-state index contributed by atoms with van der Waals surface area (Å²) in [6.45, 7) is 1.40. The van der Waals surface area contributed by atoms with Gasteiger partial charge >= 0.3 is 5.97 Å². The zero-order chi connectivity index (χ0) is 30.0. The third-order valence-corrected chi connectivity index (χ3v) is 9.90. The van der Waals surface area contributed by atoms with Crippen molar-refractivity contribution in [3.8, 4) is 0 Å². The van der Waals surface area contributed by atoms with Crippen molar-refractivity contribution in [1.29, 1.82) is 0 Å². The summed E-state index contributed by atoms with van der Waals surface area (Å²) in [5.74, 6) is -1.17. The second kappa shape index (κ2) is 10.7. The van der Waals surface area contributed by atoms with Gasteiger partial charge in [-0.05, 0) is 60.7 Å². The van der Waals surface area contributed by atoms with Crippen LogP contribution < -0.4 is 15.1 Å². The van der Waals surface area contributed by atoms with Crippen LogP contribution in [0.15, 0.2) is 54.6 Å². The predicted octanol–water partition coefficient (Wildman–Crippen LogP) is 5.85. The van der Waals surface area contributed by atoms with Gasteiger partial charge in [-0.2, -0.15) is 0 Å². The Morgan fingerprint density at radius 3 is 2.37 bits per heavy atom. The SMILES string of the molecule is COC(=O)[C@H](Cc1ccc(N2C(=O)C3(CC3)c3cccc(Cl)c32)cc1)NC(=O)c1c(Cl)cc(N2CC3CC2CO3)cc1Cl. The summed E-state index contributed by atoms with van der Waals surface area (Å²) in [7, 11) is 1.26. The van der Waals surface area contributed by atoms with E-state index >= 15 is 0 Å². The summed E-state index contributed by atoms with van der Waals surface area (Å²) in [5, 5.41) is 3.66. The molecular weight excluding hydrogens is 613 g/mol. The quantitative estimate of drug-likeness (QED) is 0.326. The van der Waals surface area contributed by atoms with E-state index in [0.29, 0.717) is 17.3 Å². The van der Waals surface area contributed by atoms with Crippen LogP contribution in [0, 0.1) is 0 Å². The largest absolute Gasteiger partial charge is 0.467 e. The fraction of sp³-hybridized carbons (Fsp3) is 0.344. The number of ether oxygens (including phenoxy) is 2. The molecule has 0 aromatic heterocycles. The molecule has 3 atom stereocenters. The van der Waals surface area contributed by atoms with Crippen molar-refractivity contribution in [3.63, 3.8) is 0 Å². The number of esters is 1. The van der Waals surface area contributed by atoms with Crippen LogP contribution in [0.5, 0.6) is 0 Å². The van der Waals surface area contributed by atoms with E-state index in [1.165, 1.54) is 7.11 Å². The zero-order valence-corrected chi connectivity index (χ0v) is 25.5. The summed E-state index contributed by atoms with van der Waals surface area (Å²) in [4.78, 5) is 43.4. The molecule has 2 unspecified atom stereocenters. The smallest absolute Gasteiger partial charge is 0.328 e. The Kier molecular flexibility index (Phi) is 7.08. The number of carbonyl (C=O) groups excluding carboxylic acids is 3. The van der Waals surface area contributed by atoms with Crippen molar-refractivity contribution in [2.45, 2.75) is 49.3 Å². The number of benzene rings is 3. The number of carbonyl (C=O) groups is 3. The van der Waals surface area contributed by atoms with Crippen LogP contribution >= 0.6 is 34.8 Å². The molecule has 222 valence electrons. The molecule has 3 aliphatic heterocycles. The second-order valence-corrected chi connectivity index (χ2v) is 12.8. The minimum atomic E-state index is -1.00. The second-order valence-electron chi connectivity index (χ2n) is 11.6. The molecule has 1 N–H and O–H groups in total. The predicted molar refractivity (Wildman–Crippen MR) is 165 cm³/mol. The van der Waals surface area contributed by atoms with E-state index in [0.717, 1.165) is 48.3 Å². The fourth-order valence-electron chi connectivity index (χ4n) is 6.66. The molecule has 0 radical (unpaired) electrons. The third-order valence-electron chi connectivity index (χ3n) is 9.00. The highest BCUT2D eigenvalue weighted by molar-refractivity contribution is 6.40. The van der Waals surface area contributed by atoms with Gasteiger partial charge in [-0.25, -0.2) is 4.79 Å². The first kappa shape index (κ1) is 28.5. The molecule has 1 saturated carbocycles. The van der Waals surface area contributed by atoms with Gasteiger partial charge in [-0.1, -0.05) is 59.1 Å². The molecule has 3 aromatic rings. The molecule has 3 heterocycles. The highest BCUT2D eigenvalue weighted by atomic mass is 35.5. The van der Waals surface area contributed by atoms with Crippen molar-refractivity contribution in [2.75, 3.05) is 30.1 Å². The summed E-state index contributed by atoms with van der Waals surface area (Å²) in [5.41, 5.74) is 3.57. The summed E-state index contributed by atoms with van der Waals surface area (Å²) in [6.07, 6.45) is 2.91. The average Bonchev–Trinajstić information content (AvgIpc) is 3.40. The number of methoxy groups -OCH3 is 1. The van der Waals surface area contributed by atoms with Gasteiger partial charge in [-0.15, -0.1) is 0 Å². The van der Waals surface area contributed by atoms with Crippen LogP contribution in [0.25, 0.3) is 0 Å². The van der Waals surface area contributed by atoms with Crippen molar-refractivity contribution in [1.82, 2.24) is 5.32 Å². The van der Waals surface area contributed by atoms with Crippen molar-refractivity contribution in [2.24, 2.45) is 0 Å². The third kappa shape index (κ3) is 4.75. The van der Waals surface area contributed by atoms with Gasteiger partial charge < -0.3 is 19.7 Å². The van der Waals surface area contributed by atoms with Crippen LogP contribution in [0.1, 0.15) is 40.7 Å². The number of fused-ring (bicyclic) bond motifs is 4. The number of anilines is 3. The zero-order valence-electron chi connectivity index (χ0n) is 23.2. The van der Waals surface area contributed by atoms with Gasteiger partial charge in [0.1, 0.15) is 6.04 Å². The molecule has 11 heteroatoms. The minimum Gasteiger partial charge on any atom is -0.467 e. The Balaban J connectivity index is 1.09. The number of amides is 2. The molecule has 2 bridgehead atoms. The molecule has 3 aromatic carbocycles. The standard InChI is InChI=1S/C32H28Cl3N3O5/c1-42-30(40)26(36-29(39)27-24(34)13-19(14-25(27)35)37-15-21-12-20(37)16-43-21)11-17-5-7-18(8-6-17)38-28-22(3-2-4-23(28)33)32(9-10-32)31(38)41/h2-8,13-14,20-21,26H,9-12,15-16H2,1H3,(H,36,39)/t20?,21?,26-/m0/s1. The highest BCUT2D eigenvalue weighted by Gasteiger charge is 2.60. The number of morpholine rings is 1. The molecule has 2 amide bonds. The Hall–Kier alpha value is -3.30. The van der Waals surface area contributed by atoms with E-state index in [2.05, 4.69) is 10.2 Å². The molecule has 43 heavy (non-hydrogen) atoms. The topological polar surface area (TPSA) is 88.2 Å². The normalized spacial score (nSPS) is 21.7. The lowest BCUT2D eigenvalue weighted by molar-refractivity contribution is -0.142. The average molecular weight is 641 g/mol.